The van der Waals surface area contributed by atoms with Gasteiger partial charge >= 0.3 is 0 Å². The summed E-state index contributed by atoms with van der Waals surface area (Å²) in [5.41, 5.74) is 1.33. The highest BCUT2D eigenvalue weighted by Gasteiger charge is 2.23. The van der Waals surface area contributed by atoms with Crippen molar-refractivity contribution >= 4 is 23.2 Å². The lowest BCUT2D eigenvalue weighted by Gasteiger charge is -2.22. The van der Waals surface area contributed by atoms with Gasteiger partial charge in [0.25, 0.3) is 5.91 Å². The number of nitrogens with zero attached hydrogens (tertiary/aromatic N) is 2. The zero-order valence-electron chi connectivity index (χ0n) is 14.0. The van der Waals surface area contributed by atoms with Gasteiger partial charge in [-0.1, -0.05) is 6.92 Å². The summed E-state index contributed by atoms with van der Waals surface area (Å²) in [7, 11) is 1.71. The molecule has 0 N–H and O–H groups in total. The van der Waals surface area contributed by atoms with Gasteiger partial charge in [-0.2, -0.15) is 0 Å². The summed E-state index contributed by atoms with van der Waals surface area (Å²) in [5, 5.41) is 0. The average molecular weight is 322 g/mol. The molecule has 0 aromatic carbocycles. The molecule has 0 fully saturated rings. The van der Waals surface area contributed by atoms with Crippen molar-refractivity contribution in [2.24, 2.45) is 5.92 Å². The van der Waals surface area contributed by atoms with E-state index in [2.05, 4.69) is 6.92 Å². The highest BCUT2D eigenvalue weighted by atomic mass is 32.1. The molecule has 0 saturated carbocycles. The molecule has 0 radical (unpaired) electrons. The van der Waals surface area contributed by atoms with Gasteiger partial charge in [0.05, 0.1) is 11.4 Å². The lowest BCUT2D eigenvalue weighted by atomic mass is 9.90. The fourth-order valence-electron chi connectivity index (χ4n) is 2.95. The molecular weight excluding hydrogens is 296 g/mol. The van der Waals surface area contributed by atoms with Crippen molar-refractivity contribution in [1.29, 1.82) is 0 Å². The SMILES string of the molecule is CCN(CC)C(=O)CN(C)C(=O)c1cc2c(s1)CCC(C)C2. The zero-order valence-corrected chi connectivity index (χ0v) is 14.8. The van der Waals surface area contributed by atoms with Crippen LogP contribution in [0.1, 0.15) is 47.3 Å². The van der Waals surface area contributed by atoms with Crippen LogP contribution >= 0.6 is 11.3 Å². The van der Waals surface area contributed by atoms with E-state index in [1.807, 2.05) is 19.9 Å². The largest absolute Gasteiger partial charge is 0.342 e. The van der Waals surface area contributed by atoms with Gasteiger partial charge in [0.15, 0.2) is 0 Å². The quantitative estimate of drug-likeness (QED) is 0.836. The van der Waals surface area contributed by atoms with Crippen molar-refractivity contribution in [2.75, 3.05) is 26.7 Å². The van der Waals surface area contributed by atoms with Crippen LogP contribution in [0.5, 0.6) is 0 Å². The molecule has 1 aliphatic carbocycles. The van der Waals surface area contributed by atoms with E-state index in [1.54, 1.807) is 28.2 Å². The Balaban J connectivity index is 2.03. The molecule has 2 rings (SSSR count). The average Bonchev–Trinajstić information content (AvgIpc) is 2.90. The summed E-state index contributed by atoms with van der Waals surface area (Å²) in [6, 6.07) is 2.04. The van der Waals surface area contributed by atoms with E-state index < -0.39 is 0 Å². The lowest BCUT2D eigenvalue weighted by molar-refractivity contribution is -0.131. The van der Waals surface area contributed by atoms with Crippen LogP contribution in [-0.2, 0) is 17.6 Å². The molecular formula is C17H26N2O2S. The zero-order chi connectivity index (χ0) is 16.3. The monoisotopic (exact) mass is 322 g/mol. The Hall–Kier alpha value is -1.36. The number of hydrogen-bond acceptors (Lipinski definition) is 3. The predicted octanol–water partition coefficient (Wildman–Crippen LogP) is 2.81. The smallest absolute Gasteiger partial charge is 0.264 e. The molecule has 0 aliphatic heterocycles. The Morgan fingerprint density at radius 3 is 2.64 bits per heavy atom. The molecule has 5 heteroatoms. The topological polar surface area (TPSA) is 40.6 Å². The summed E-state index contributed by atoms with van der Waals surface area (Å²) >= 11 is 1.60. The molecule has 2 amide bonds. The minimum Gasteiger partial charge on any atom is -0.342 e. The van der Waals surface area contributed by atoms with E-state index >= 15 is 0 Å². The Labute approximate surface area is 137 Å². The third kappa shape index (κ3) is 3.69. The molecule has 4 nitrogen and oxygen atoms in total. The number of carbonyl (C=O) groups is 2. The second kappa shape index (κ2) is 7.27. The van der Waals surface area contributed by atoms with Crippen LogP contribution < -0.4 is 0 Å². The van der Waals surface area contributed by atoms with Gasteiger partial charge in [0.1, 0.15) is 0 Å². The number of thiophene rings is 1. The minimum atomic E-state index is -0.0347. The second-order valence-electron chi connectivity index (χ2n) is 6.13. The third-order valence-electron chi connectivity index (χ3n) is 4.38. The van der Waals surface area contributed by atoms with Crippen LogP contribution in [0.2, 0.25) is 0 Å². The molecule has 1 unspecified atom stereocenters. The molecule has 1 heterocycles. The Morgan fingerprint density at radius 2 is 2.00 bits per heavy atom. The van der Waals surface area contributed by atoms with Gasteiger partial charge in [-0.05, 0) is 50.7 Å². The summed E-state index contributed by atoms with van der Waals surface area (Å²) in [6.07, 6.45) is 3.36. The van der Waals surface area contributed by atoms with Crippen molar-refractivity contribution in [3.8, 4) is 0 Å². The molecule has 122 valence electrons. The molecule has 22 heavy (non-hydrogen) atoms. The molecule has 1 aromatic rings. The molecule has 0 spiro atoms. The van der Waals surface area contributed by atoms with Gasteiger partial charge in [-0.25, -0.2) is 0 Å². The molecule has 1 atom stereocenters. The fourth-order valence-corrected chi connectivity index (χ4v) is 4.15. The minimum absolute atomic E-state index is 0.00999. The van der Waals surface area contributed by atoms with E-state index in [1.165, 1.54) is 16.9 Å². The van der Waals surface area contributed by atoms with Gasteiger partial charge in [-0.3, -0.25) is 9.59 Å². The first kappa shape index (κ1) is 17.0. The number of amides is 2. The molecule has 0 saturated heterocycles. The van der Waals surface area contributed by atoms with Crippen LogP contribution in [0.15, 0.2) is 6.07 Å². The van der Waals surface area contributed by atoms with Crippen LogP contribution in [0.3, 0.4) is 0 Å². The van der Waals surface area contributed by atoms with E-state index in [9.17, 15) is 9.59 Å². The lowest BCUT2D eigenvalue weighted by Crippen LogP contribution is -2.40. The summed E-state index contributed by atoms with van der Waals surface area (Å²) < 4.78 is 0. The Kier molecular flexibility index (Phi) is 5.62. The standard InChI is InChI=1S/C17H26N2O2S/c1-5-19(6-2)16(20)11-18(4)17(21)15-10-13-9-12(3)7-8-14(13)22-15/h10,12H,5-9,11H2,1-4H3. The van der Waals surface area contributed by atoms with Crippen molar-refractivity contribution in [2.45, 2.75) is 40.0 Å². The maximum Gasteiger partial charge on any atom is 0.264 e. The summed E-state index contributed by atoms with van der Waals surface area (Å²) in [5.74, 6) is 0.676. The molecule has 1 aliphatic rings. The number of likely N-dealkylation sites (N-methyl/N-ethyl adjacent to an activating group) is 2. The first-order valence-corrected chi connectivity index (χ1v) is 8.92. The number of fused-ring (bicyclic) bond motifs is 1. The van der Waals surface area contributed by atoms with E-state index in [4.69, 9.17) is 0 Å². The number of rotatable bonds is 5. The summed E-state index contributed by atoms with van der Waals surface area (Å²) in [4.78, 5) is 30.1. The highest BCUT2D eigenvalue weighted by Crippen LogP contribution is 2.32. The molecule has 1 aromatic heterocycles. The number of carbonyl (C=O) groups excluding carboxylic acids is 2. The van der Waals surface area contributed by atoms with E-state index in [0.29, 0.717) is 19.0 Å². The fraction of sp³-hybridized carbons (Fsp3) is 0.647. The van der Waals surface area contributed by atoms with Crippen molar-refractivity contribution in [1.82, 2.24) is 9.80 Å². The Bertz CT molecular complexity index is 549. The van der Waals surface area contributed by atoms with Crippen LogP contribution in [0, 0.1) is 5.92 Å². The first-order chi connectivity index (χ1) is 10.5. The van der Waals surface area contributed by atoms with Crippen LogP contribution in [-0.4, -0.2) is 48.3 Å². The van der Waals surface area contributed by atoms with Crippen LogP contribution in [0.25, 0.3) is 0 Å². The predicted molar refractivity (Wildman–Crippen MR) is 90.4 cm³/mol. The Morgan fingerprint density at radius 1 is 1.32 bits per heavy atom. The van der Waals surface area contributed by atoms with Crippen molar-refractivity contribution in [3.05, 3.63) is 21.4 Å². The van der Waals surface area contributed by atoms with Gasteiger partial charge in [-0.15, -0.1) is 11.3 Å². The van der Waals surface area contributed by atoms with Crippen molar-refractivity contribution < 1.29 is 9.59 Å². The number of aryl methyl sites for hydroxylation is 1. The van der Waals surface area contributed by atoms with Gasteiger partial charge < -0.3 is 9.80 Å². The second-order valence-corrected chi connectivity index (χ2v) is 7.27. The highest BCUT2D eigenvalue weighted by molar-refractivity contribution is 7.14. The van der Waals surface area contributed by atoms with Crippen LogP contribution in [0.4, 0.5) is 0 Å². The van der Waals surface area contributed by atoms with Gasteiger partial charge in [0, 0.05) is 25.0 Å². The third-order valence-corrected chi connectivity index (χ3v) is 5.60. The first-order valence-electron chi connectivity index (χ1n) is 8.11. The molecule has 0 bridgehead atoms. The maximum atomic E-state index is 12.5. The normalized spacial score (nSPS) is 17.0. The summed E-state index contributed by atoms with van der Waals surface area (Å²) in [6.45, 7) is 7.69. The van der Waals surface area contributed by atoms with Gasteiger partial charge in [0.2, 0.25) is 5.91 Å². The van der Waals surface area contributed by atoms with E-state index in [-0.39, 0.29) is 18.4 Å². The van der Waals surface area contributed by atoms with Crippen molar-refractivity contribution in [3.63, 3.8) is 0 Å². The maximum absolute atomic E-state index is 12.5. The number of hydrogen-bond donors (Lipinski definition) is 0. The van der Waals surface area contributed by atoms with E-state index in [0.717, 1.165) is 17.7 Å².